The number of aromatic nitrogens is 2. The van der Waals surface area contributed by atoms with Gasteiger partial charge in [0.1, 0.15) is 23.7 Å². The van der Waals surface area contributed by atoms with Gasteiger partial charge in [0.05, 0.1) is 5.52 Å². The van der Waals surface area contributed by atoms with Gasteiger partial charge >= 0.3 is 21.1 Å². The Morgan fingerprint density at radius 3 is 2.19 bits per heavy atom. The van der Waals surface area contributed by atoms with Crippen molar-refractivity contribution < 1.29 is 30.5 Å². The summed E-state index contributed by atoms with van der Waals surface area (Å²) in [6.07, 6.45) is 1.60. The fourth-order valence-corrected chi connectivity index (χ4v) is 6.92. The molecule has 0 unspecified atom stereocenters. The smallest absolute Gasteiger partial charge is 0.510 e. The van der Waals surface area contributed by atoms with Gasteiger partial charge in [0.25, 0.3) is 0 Å². The molecule has 8 rings (SSSR count). The maximum Gasteiger partial charge on any atom is 2.00 e. The van der Waals surface area contributed by atoms with Crippen LogP contribution in [-0.4, -0.2) is 15.4 Å². The van der Waals surface area contributed by atoms with Gasteiger partial charge in [-0.05, 0) is 52.3 Å². The molecule has 0 spiro atoms. The Morgan fingerprint density at radius 2 is 1.48 bits per heavy atom. The van der Waals surface area contributed by atoms with Gasteiger partial charge in [0.15, 0.2) is 0 Å². The molecule has 3 heterocycles. The molecule has 0 N–H and O–H groups in total. The Balaban J connectivity index is 0.00000420. The van der Waals surface area contributed by atoms with E-state index in [1.165, 1.54) is 10.9 Å². The van der Waals surface area contributed by atoms with Crippen LogP contribution in [0.3, 0.4) is 0 Å². The van der Waals surface area contributed by atoms with E-state index in [0.29, 0.717) is 17.4 Å². The molecule has 0 aliphatic carbocycles. The minimum absolute atomic E-state index is 0. The van der Waals surface area contributed by atoms with Gasteiger partial charge in [-0.25, -0.2) is 4.98 Å². The van der Waals surface area contributed by atoms with Gasteiger partial charge in [-0.1, -0.05) is 132 Å². The van der Waals surface area contributed by atoms with Crippen LogP contribution in [0.5, 0.6) is 11.5 Å². The standard InChI is InChI=1S/C46H41N3O2.Pt/c1-29(2)33-24-34(45-48-42(31-14-9-7-10-15-31)43(51-45)32-16-11-8-12-17-32)26-38(25-33)50-37-23-30(3)22-36(28-37)49-41-20-19-35(46(4,5)6)27-40(41)39-18-13-21-47-44(39)49;/h7-25,27,29,42-43H,1-6H3;/q-2;+2/t42-,43-;/m1./s1. The predicted octanol–water partition coefficient (Wildman–Crippen LogP) is 11.6. The van der Waals surface area contributed by atoms with Crippen molar-refractivity contribution >= 4 is 27.8 Å². The first-order chi connectivity index (χ1) is 24.6. The number of hydrogen-bond donors (Lipinski definition) is 0. The summed E-state index contributed by atoms with van der Waals surface area (Å²) < 4.78 is 15.5. The van der Waals surface area contributed by atoms with Crippen LogP contribution in [0.4, 0.5) is 0 Å². The number of ether oxygens (including phenoxy) is 2. The van der Waals surface area contributed by atoms with Crippen LogP contribution in [0.2, 0.25) is 0 Å². The third-order valence-corrected chi connectivity index (χ3v) is 9.64. The van der Waals surface area contributed by atoms with Crippen LogP contribution in [0.25, 0.3) is 27.6 Å². The summed E-state index contributed by atoms with van der Waals surface area (Å²) in [5.74, 6) is 2.00. The summed E-state index contributed by atoms with van der Waals surface area (Å²) in [5.41, 5.74) is 9.27. The number of fused-ring (bicyclic) bond motifs is 3. The summed E-state index contributed by atoms with van der Waals surface area (Å²) in [5, 5.41) is 2.28. The molecule has 0 amide bonds. The Morgan fingerprint density at radius 1 is 0.769 bits per heavy atom. The molecule has 0 saturated heterocycles. The first-order valence-electron chi connectivity index (χ1n) is 17.7. The Bertz CT molecular complexity index is 2410. The monoisotopic (exact) mass is 862 g/mol. The van der Waals surface area contributed by atoms with Crippen molar-refractivity contribution in [3.63, 3.8) is 0 Å². The molecule has 0 fully saturated rings. The van der Waals surface area contributed by atoms with E-state index < -0.39 is 0 Å². The largest absolute Gasteiger partial charge is 2.00 e. The van der Waals surface area contributed by atoms with E-state index in [0.717, 1.165) is 50.1 Å². The van der Waals surface area contributed by atoms with Crippen molar-refractivity contribution in [3.8, 4) is 17.2 Å². The van der Waals surface area contributed by atoms with Crippen molar-refractivity contribution in [1.29, 1.82) is 0 Å². The molecule has 6 heteroatoms. The van der Waals surface area contributed by atoms with E-state index in [4.69, 9.17) is 19.5 Å². The van der Waals surface area contributed by atoms with Crippen LogP contribution >= 0.6 is 0 Å². The van der Waals surface area contributed by atoms with Gasteiger partial charge in [-0.15, -0.1) is 29.8 Å². The van der Waals surface area contributed by atoms with Crippen LogP contribution < -0.4 is 4.74 Å². The zero-order valence-electron chi connectivity index (χ0n) is 30.3. The minimum Gasteiger partial charge on any atom is -0.510 e. The molecule has 262 valence electrons. The first-order valence-corrected chi connectivity index (χ1v) is 17.7. The van der Waals surface area contributed by atoms with Crippen LogP contribution in [0, 0.1) is 19.1 Å². The second-order valence-corrected chi connectivity index (χ2v) is 14.8. The van der Waals surface area contributed by atoms with Gasteiger partial charge in [0.2, 0.25) is 0 Å². The van der Waals surface area contributed by atoms with Gasteiger partial charge < -0.3 is 14.0 Å². The molecule has 52 heavy (non-hydrogen) atoms. The second-order valence-electron chi connectivity index (χ2n) is 14.8. The average molecular weight is 863 g/mol. The van der Waals surface area contributed by atoms with Crippen molar-refractivity contribution in [2.75, 3.05) is 0 Å². The zero-order chi connectivity index (χ0) is 35.3. The summed E-state index contributed by atoms with van der Waals surface area (Å²) in [4.78, 5) is 10.0. The maximum absolute atomic E-state index is 6.68. The molecule has 1 aliphatic rings. The number of aliphatic imine (C=N–C) groups is 1. The van der Waals surface area contributed by atoms with Gasteiger partial charge in [-0.2, -0.15) is 5.56 Å². The normalized spacial score (nSPS) is 15.8. The summed E-state index contributed by atoms with van der Waals surface area (Å²) in [6.45, 7) is 13.2. The number of hydrogen-bond acceptors (Lipinski definition) is 4. The number of rotatable bonds is 7. The van der Waals surface area contributed by atoms with Crippen molar-refractivity contribution in [2.45, 2.75) is 65.0 Å². The second kappa shape index (κ2) is 14.2. The molecule has 0 radical (unpaired) electrons. The minimum atomic E-state index is -0.254. The SMILES string of the molecule is Cc1cc(Oc2[c-]c(C3=N[C@H](c4ccccc4)[C@@H](c4ccccc4)O3)cc(C(C)C)c2)[c-]c(-n2c3ccc(C(C)(C)C)cc3c3cccnc32)c1.[Pt+2]. The van der Waals surface area contributed by atoms with Crippen molar-refractivity contribution in [2.24, 2.45) is 4.99 Å². The fourth-order valence-electron chi connectivity index (χ4n) is 6.92. The van der Waals surface area contributed by atoms with Crippen molar-refractivity contribution in [1.82, 2.24) is 9.55 Å². The molecule has 0 saturated carbocycles. The quantitative estimate of drug-likeness (QED) is 0.150. The number of pyridine rings is 1. The Labute approximate surface area is 320 Å². The third-order valence-electron chi connectivity index (χ3n) is 9.64. The summed E-state index contributed by atoms with van der Waals surface area (Å²) in [7, 11) is 0. The number of nitrogens with zero attached hydrogens (tertiary/aromatic N) is 3. The predicted molar refractivity (Wildman–Crippen MR) is 206 cm³/mol. The van der Waals surface area contributed by atoms with E-state index >= 15 is 0 Å². The maximum atomic E-state index is 6.68. The number of benzene rings is 5. The number of aryl methyl sites for hydroxylation is 1. The molecular formula is C46H41N3O2Pt. The molecule has 0 bridgehead atoms. The summed E-state index contributed by atoms with van der Waals surface area (Å²) in [6, 6.07) is 46.8. The van der Waals surface area contributed by atoms with E-state index in [2.05, 4.69) is 125 Å². The summed E-state index contributed by atoms with van der Waals surface area (Å²) >= 11 is 0. The van der Waals surface area contributed by atoms with E-state index in [1.54, 1.807) is 0 Å². The van der Waals surface area contributed by atoms with Crippen LogP contribution in [0.1, 0.15) is 86.1 Å². The molecule has 5 aromatic carbocycles. The van der Waals surface area contributed by atoms with Gasteiger partial charge in [0, 0.05) is 28.5 Å². The van der Waals surface area contributed by atoms with E-state index in [-0.39, 0.29) is 44.5 Å². The van der Waals surface area contributed by atoms with Crippen molar-refractivity contribution in [3.05, 3.63) is 167 Å². The molecular weight excluding hydrogens is 822 g/mol. The van der Waals surface area contributed by atoms with Crippen LogP contribution in [-0.2, 0) is 31.2 Å². The van der Waals surface area contributed by atoms with E-state index in [1.807, 2.05) is 54.7 Å². The Kier molecular flexibility index (Phi) is 9.67. The average Bonchev–Trinajstić information content (AvgIpc) is 3.72. The molecule has 2 atom stereocenters. The molecule has 7 aromatic rings. The fraction of sp³-hybridized carbons (Fsp3) is 0.217. The Hall–Kier alpha value is -4.99. The van der Waals surface area contributed by atoms with E-state index in [9.17, 15) is 0 Å². The zero-order valence-corrected chi connectivity index (χ0v) is 32.5. The van der Waals surface area contributed by atoms with Gasteiger partial charge in [-0.3, -0.25) is 4.99 Å². The third kappa shape index (κ3) is 6.83. The first kappa shape index (κ1) is 35.4. The molecule has 5 nitrogen and oxygen atoms in total. The topological polar surface area (TPSA) is 48.6 Å². The molecule has 2 aromatic heterocycles. The van der Waals surface area contributed by atoms with Crippen LogP contribution in [0.15, 0.2) is 126 Å². The molecule has 1 aliphatic heterocycles.